The third kappa shape index (κ3) is 3.14. The van der Waals surface area contributed by atoms with Gasteiger partial charge in [0.15, 0.2) is 0 Å². The molecule has 1 unspecified atom stereocenters. The average molecular weight is 233 g/mol. The summed E-state index contributed by atoms with van der Waals surface area (Å²) in [6, 6.07) is 8.71. The first-order valence-electron chi connectivity index (χ1n) is 5.62. The second-order valence-corrected chi connectivity index (χ2v) is 4.14. The van der Waals surface area contributed by atoms with Crippen molar-refractivity contribution in [1.29, 1.82) is 0 Å². The van der Waals surface area contributed by atoms with E-state index in [1.807, 2.05) is 32.3 Å². The van der Waals surface area contributed by atoms with Gasteiger partial charge in [-0.25, -0.2) is 4.39 Å². The SMILES string of the molecule is CC(NCc1ccn(C)n1)c1cccc(F)c1. The minimum atomic E-state index is -0.200. The van der Waals surface area contributed by atoms with Crippen LogP contribution in [0, 0.1) is 5.82 Å². The van der Waals surface area contributed by atoms with E-state index in [9.17, 15) is 4.39 Å². The average Bonchev–Trinajstić information content (AvgIpc) is 2.72. The molecular weight excluding hydrogens is 217 g/mol. The summed E-state index contributed by atoms with van der Waals surface area (Å²) in [6.07, 6.45) is 1.91. The lowest BCUT2D eigenvalue weighted by molar-refractivity contribution is 0.554. The van der Waals surface area contributed by atoms with E-state index < -0.39 is 0 Å². The fraction of sp³-hybridized carbons (Fsp3) is 0.308. The number of benzene rings is 1. The number of hydrogen-bond acceptors (Lipinski definition) is 2. The third-order valence-corrected chi connectivity index (χ3v) is 2.71. The molecule has 2 rings (SSSR count). The Morgan fingerprint density at radius 2 is 2.24 bits per heavy atom. The first-order valence-corrected chi connectivity index (χ1v) is 5.62. The molecule has 0 spiro atoms. The highest BCUT2D eigenvalue weighted by molar-refractivity contribution is 5.19. The van der Waals surface area contributed by atoms with Gasteiger partial charge in [0.1, 0.15) is 5.82 Å². The van der Waals surface area contributed by atoms with Crippen molar-refractivity contribution in [3.63, 3.8) is 0 Å². The van der Waals surface area contributed by atoms with Crippen LogP contribution in [0.4, 0.5) is 4.39 Å². The van der Waals surface area contributed by atoms with E-state index in [2.05, 4.69) is 10.4 Å². The zero-order valence-electron chi connectivity index (χ0n) is 10.0. The van der Waals surface area contributed by atoms with E-state index in [-0.39, 0.29) is 11.9 Å². The Balaban J connectivity index is 1.95. The van der Waals surface area contributed by atoms with E-state index in [0.29, 0.717) is 6.54 Å². The van der Waals surface area contributed by atoms with Crippen LogP contribution >= 0.6 is 0 Å². The van der Waals surface area contributed by atoms with Crippen molar-refractivity contribution in [1.82, 2.24) is 15.1 Å². The molecule has 1 atom stereocenters. The van der Waals surface area contributed by atoms with Gasteiger partial charge in [-0.1, -0.05) is 12.1 Å². The summed E-state index contributed by atoms with van der Waals surface area (Å²) < 4.78 is 14.8. The lowest BCUT2D eigenvalue weighted by Crippen LogP contribution is -2.18. The molecule has 0 amide bonds. The van der Waals surface area contributed by atoms with Gasteiger partial charge in [0.2, 0.25) is 0 Å². The van der Waals surface area contributed by atoms with Gasteiger partial charge in [-0.05, 0) is 30.7 Å². The van der Waals surface area contributed by atoms with Gasteiger partial charge in [0, 0.05) is 25.8 Å². The molecule has 17 heavy (non-hydrogen) atoms. The van der Waals surface area contributed by atoms with Gasteiger partial charge >= 0.3 is 0 Å². The summed E-state index contributed by atoms with van der Waals surface area (Å²) in [4.78, 5) is 0. The molecule has 0 aliphatic rings. The maximum atomic E-state index is 13.1. The van der Waals surface area contributed by atoms with Gasteiger partial charge in [-0.3, -0.25) is 4.68 Å². The molecule has 1 aromatic carbocycles. The molecule has 3 nitrogen and oxygen atoms in total. The number of hydrogen-bond donors (Lipinski definition) is 1. The molecule has 0 fully saturated rings. The number of aryl methyl sites for hydroxylation is 1. The second kappa shape index (κ2) is 5.10. The van der Waals surface area contributed by atoms with Crippen molar-refractivity contribution in [2.75, 3.05) is 0 Å². The largest absolute Gasteiger partial charge is 0.304 e. The normalized spacial score (nSPS) is 12.6. The van der Waals surface area contributed by atoms with Crippen LogP contribution in [0.15, 0.2) is 36.5 Å². The minimum absolute atomic E-state index is 0.104. The molecule has 0 aliphatic heterocycles. The molecule has 4 heteroatoms. The molecule has 0 bridgehead atoms. The monoisotopic (exact) mass is 233 g/mol. The highest BCUT2D eigenvalue weighted by atomic mass is 19.1. The van der Waals surface area contributed by atoms with Crippen LogP contribution < -0.4 is 5.32 Å². The summed E-state index contributed by atoms with van der Waals surface area (Å²) in [6.45, 7) is 2.69. The van der Waals surface area contributed by atoms with Crippen molar-refractivity contribution in [3.05, 3.63) is 53.6 Å². The molecule has 0 saturated heterocycles. The molecule has 1 N–H and O–H groups in total. The van der Waals surface area contributed by atoms with Crippen molar-refractivity contribution >= 4 is 0 Å². The van der Waals surface area contributed by atoms with E-state index in [0.717, 1.165) is 11.3 Å². The van der Waals surface area contributed by atoms with E-state index in [4.69, 9.17) is 0 Å². The molecule has 2 aromatic rings. The van der Waals surface area contributed by atoms with E-state index in [1.54, 1.807) is 16.8 Å². The van der Waals surface area contributed by atoms with Crippen LogP contribution in [0.25, 0.3) is 0 Å². The lowest BCUT2D eigenvalue weighted by Gasteiger charge is -2.13. The Bertz CT molecular complexity index is 493. The summed E-state index contributed by atoms with van der Waals surface area (Å²) in [5.74, 6) is -0.200. The number of nitrogens with zero attached hydrogens (tertiary/aromatic N) is 2. The van der Waals surface area contributed by atoms with E-state index in [1.165, 1.54) is 6.07 Å². The third-order valence-electron chi connectivity index (χ3n) is 2.71. The lowest BCUT2D eigenvalue weighted by atomic mass is 10.1. The molecule has 1 aromatic heterocycles. The van der Waals surface area contributed by atoms with Crippen molar-refractivity contribution in [2.24, 2.45) is 7.05 Å². The number of aromatic nitrogens is 2. The highest BCUT2D eigenvalue weighted by Crippen LogP contribution is 2.13. The van der Waals surface area contributed by atoms with E-state index >= 15 is 0 Å². The standard InChI is InChI=1S/C13H16FN3/c1-10(11-4-3-5-12(14)8-11)15-9-13-6-7-17(2)16-13/h3-8,10,15H,9H2,1-2H3. The van der Waals surface area contributed by atoms with Gasteiger partial charge in [-0.15, -0.1) is 0 Å². The van der Waals surface area contributed by atoms with Gasteiger partial charge in [0.25, 0.3) is 0 Å². The predicted molar refractivity (Wildman–Crippen MR) is 64.9 cm³/mol. The smallest absolute Gasteiger partial charge is 0.123 e. The predicted octanol–water partition coefficient (Wildman–Crippen LogP) is 2.41. The van der Waals surface area contributed by atoms with Gasteiger partial charge < -0.3 is 5.32 Å². The molecule has 0 radical (unpaired) electrons. The fourth-order valence-electron chi connectivity index (χ4n) is 1.71. The Hall–Kier alpha value is -1.68. The Kier molecular flexibility index (Phi) is 3.54. The molecule has 1 heterocycles. The molecular formula is C13H16FN3. The quantitative estimate of drug-likeness (QED) is 0.878. The zero-order chi connectivity index (χ0) is 12.3. The van der Waals surface area contributed by atoms with Crippen LogP contribution in [-0.2, 0) is 13.6 Å². The second-order valence-electron chi connectivity index (χ2n) is 4.14. The Morgan fingerprint density at radius 3 is 2.88 bits per heavy atom. The first-order chi connectivity index (χ1) is 8.15. The number of halogens is 1. The van der Waals surface area contributed by atoms with Crippen LogP contribution in [0.1, 0.15) is 24.2 Å². The Morgan fingerprint density at radius 1 is 1.41 bits per heavy atom. The summed E-state index contributed by atoms with van der Waals surface area (Å²) in [5.41, 5.74) is 1.93. The van der Waals surface area contributed by atoms with Crippen molar-refractivity contribution in [3.8, 4) is 0 Å². The van der Waals surface area contributed by atoms with Gasteiger partial charge in [-0.2, -0.15) is 5.10 Å². The maximum Gasteiger partial charge on any atom is 0.123 e. The van der Waals surface area contributed by atoms with Crippen molar-refractivity contribution in [2.45, 2.75) is 19.5 Å². The first kappa shape index (κ1) is 11.8. The summed E-state index contributed by atoms with van der Waals surface area (Å²) in [5, 5.41) is 7.59. The Labute approximate surface area is 100 Å². The molecule has 0 aliphatic carbocycles. The zero-order valence-corrected chi connectivity index (χ0v) is 10.0. The van der Waals surface area contributed by atoms with Crippen LogP contribution in [-0.4, -0.2) is 9.78 Å². The minimum Gasteiger partial charge on any atom is -0.304 e. The van der Waals surface area contributed by atoms with Crippen LogP contribution in [0.3, 0.4) is 0 Å². The van der Waals surface area contributed by atoms with Crippen molar-refractivity contribution < 1.29 is 4.39 Å². The van der Waals surface area contributed by atoms with Crippen LogP contribution in [0.5, 0.6) is 0 Å². The maximum absolute atomic E-state index is 13.1. The molecule has 90 valence electrons. The highest BCUT2D eigenvalue weighted by Gasteiger charge is 2.06. The fourth-order valence-corrected chi connectivity index (χ4v) is 1.71. The summed E-state index contributed by atoms with van der Waals surface area (Å²) in [7, 11) is 1.89. The van der Waals surface area contributed by atoms with Crippen LogP contribution in [0.2, 0.25) is 0 Å². The number of rotatable bonds is 4. The van der Waals surface area contributed by atoms with Gasteiger partial charge in [0.05, 0.1) is 5.69 Å². The summed E-state index contributed by atoms with van der Waals surface area (Å²) >= 11 is 0. The molecule has 0 saturated carbocycles. The topological polar surface area (TPSA) is 29.9 Å². The number of nitrogens with one attached hydrogen (secondary N) is 1.